The van der Waals surface area contributed by atoms with Crippen LogP contribution in [0.1, 0.15) is 5.56 Å². The molecular formula is C24H27FN4O4S. The Labute approximate surface area is 199 Å². The molecule has 0 amide bonds. The van der Waals surface area contributed by atoms with E-state index in [1.807, 2.05) is 18.2 Å². The van der Waals surface area contributed by atoms with Crippen LogP contribution in [0.5, 0.6) is 11.5 Å². The monoisotopic (exact) mass is 486 g/mol. The fourth-order valence-electron chi connectivity index (χ4n) is 3.81. The van der Waals surface area contributed by atoms with Gasteiger partial charge in [-0.15, -0.1) is 0 Å². The second-order valence-electron chi connectivity index (χ2n) is 7.95. The van der Waals surface area contributed by atoms with Crippen molar-refractivity contribution in [3.63, 3.8) is 0 Å². The van der Waals surface area contributed by atoms with Crippen molar-refractivity contribution in [3.8, 4) is 11.5 Å². The third-order valence-electron chi connectivity index (χ3n) is 5.64. The largest absolute Gasteiger partial charge is 0.497 e. The van der Waals surface area contributed by atoms with Crippen molar-refractivity contribution in [1.29, 1.82) is 0 Å². The third kappa shape index (κ3) is 5.75. The molecule has 4 rings (SSSR count). The Balaban J connectivity index is 1.34. The maximum absolute atomic E-state index is 13.1. The lowest BCUT2D eigenvalue weighted by molar-refractivity contribution is 0.248. The molecule has 2 heterocycles. The average Bonchev–Trinajstić information content (AvgIpc) is 2.85. The summed E-state index contributed by atoms with van der Waals surface area (Å²) in [7, 11) is -0.525. The SMILES string of the molecule is COc1cc(CN2CCN(c3ccc(NS(=O)(=O)c4ccc(F)cc4)cn3)CC2)cc(OC)c1. The van der Waals surface area contributed by atoms with Gasteiger partial charge in [-0.05, 0) is 54.1 Å². The minimum absolute atomic E-state index is 0.0113. The van der Waals surface area contributed by atoms with E-state index in [-0.39, 0.29) is 4.90 Å². The lowest BCUT2D eigenvalue weighted by Gasteiger charge is -2.35. The van der Waals surface area contributed by atoms with Gasteiger partial charge in [-0.1, -0.05) is 0 Å². The van der Waals surface area contributed by atoms with Crippen molar-refractivity contribution in [2.45, 2.75) is 11.4 Å². The fourth-order valence-corrected chi connectivity index (χ4v) is 4.86. The predicted molar refractivity (Wildman–Crippen MR) is 128 cm³/mol. The van der Waals surface area contributed by atoms with Gasteiger partial charge in [-0.2, -0.15) is 0 Å². The Morgan fingerprint density at radius 1 is 0.941 bits per heavy atom. The summed E-state index contributed by atoms with van der Waals surface area (Å²) in [6.45, 7) is 4.11. The number of ether oxygens (including phenoxy) is 2. The number of benzene rings is 2. The van der Waals surface area contributed by atoms with Crippen LogP contribution < -0.4 is 19.1 Å². The topological polar surface area (TPSA) is 84.0 Å². The van der Waals surface area contributed by atoms with E-state index in [1.54, 1.807) is 26.4 Å². The first-order chi connectivity index (χ1) is 16.4. The maximum atomic E-state index is 13.1. The number of halogens is 1. The fraction of sp³-hybridized carbons (Fsp3) is 0.292. The van der Waals surface area contributed by atoms with E-state index in [9.17, 15) is 12.8 Å². The van der Waals surface area contributed by atoms with Gasteiger partial charge in [0, 0.05) is 38.8 Å². The molecule has 10 heteroatoms. The third-order valence-corrected chi connectivity index (χ3v) is 7.03. The van der Waals surface area contributed by atoms with Crippen molar-refractivity contribution >= 4 is 21.5 Å². The molecule has 1 aliphatic heterocycles. The van der Waals surface area contributed by atoms with Gasteiger partial charge in [0.2, 0.25) is 0 Å². The molecule has 0 bridgehead atoms. The molecule has 0 spiro atoms. The van der Waals surface area contributed by atoms with Crippen LogP contribution in [0.15, 0.2) is 65.7 Å². The Kier molecular flexibility index (Phi) is 7.18. The van der Waals surface area contributed by atoms with Crippen molar-refractivity contribution in [3.05, 3.63) is 72.2 Å². The van der Waals surface area contributed by atoms with E-state index >= 15 is 0 Å². The zero-order valence-corrected chi connectivity index (χ0v) is 19.9. The molecule has 1 saturated heterocycles. The molecule has 1 aliphatic rings. The molecule has 3 aromatic rings. The molecule has 2 aromatic carbocycles. The van der Waals surface area contributed by atoms with Crippen LogP contribution in [0.2, 0.25) is 0 Å². The molecule has 8 nitrogen and oxygen atoms in total. The number of nitrogens with one attached hydrogen (secondary N) is 1. The summed E-state index contributed by atoms with van der Waals surface area (Å²) in [5.41, 5.74) is 1.47. The van der Waals surface area contributed by atoms with Gasteiger partial charge in [-0.3, -0.25) is 9.62 Å². The van der Waals surface area contributed by atoms with Crippen LogP contribution in [-0.2, 0) is 16.6 Å². The van der Waals surface area contributed by atoms with Gasteiger partial charge in [0.05, 0.1) is 31.0 Å². The highest BCUT2D eigenvalue weighted by Gasteiger charge is 2.19. The Hall–Kier alpha value is -3.37. The van der Waals surface area contributed by atoms with Gasteiger partial charge in [0.15, 0.2) is 0 Å². The van der Waals surface area contributed by atoms with Crippen molar-refractivity contribution in [2.75, 3.05) is 50.0 Å². The molecule has 1 N–H and O–H groups in total. The Bertz CT molecular complexity index is 1190. The zero-order valence-electron chi connectivity index (χ0n) is 19.1. The number of nitrogens with zero attached hydrogens (tertiary/aromatic N) is 3. The lowest BCUT2D eigenvalue weighted by Crippen LogP contribution is -2.46. The summed E-state index contributed by atoms with van der Waals surface area (Å²) in [5, 5.41) is 0. The standard InChI is InChI=1S/C24H27FN4O4S/c1-32-21-13-18(14-22(15-21)33-2)17-28-9-11-29(12-10-28)24-8-5-20(16-26-24)27-34(30,31)23-6-3-19(25)4-7-23/h3-8,13-16,27H,9-12,17H2,1-2H3. The van der Waals surface area contributed by atoms with Gasteiger partial charge in [0.25, 0.3) is 10.0 Å². The highest BCUT2D eigenvalue weighted by molar-refractivity contribution is 7.92. The first kappa shape index (κ1) is 23.8. The first-order valence-corrected chi connectivity index (χ1v) is 12.3. The van der Waals surface area contributed by atoms with E-state index in [0.29, 0.717) is 5.69 Å². The first-order valence-electron chi connectivity index (χ1n) is 10.8. The molecule has 1 fully saturated rings. The molecule has 0 aliphatic carbocycles. The van der Waals surface area contributed by atoms with Crippen molar-refractivity contribution in [2.24, 2.45) is 0 Å². The van der Waals surface area contributed by atoms with Crippen LogP contribution in [0, 0.1) is 5.82 Å². The summed E-state index contributed by atoms with van der Waals surface area (Å²) in [4.78, 5) is 8.95. The highest BCUT2D eigenvalue weighted by Crippen LogP contribution is 2.24. The van der Waals surface area contributed by atoms with Crippen LogP contribution in [0.3, 0.4) is 0 Å². The maximum Gasteiger partial charge on any atom is 0.261 e. The lowest BCUT2D eigenvalue weighted by atomic mass is 10.1. The Morgan fingerprint density at radius 2 is 1.59 bits per heavy atom. The van der Waals surface area contributed by atoms with Crippen molar-refractivity contribution < 1.29 is 22.3 Å². The average molecular weight is 487 g/mol. The molecule has 0 unspecified atom stereocenters. The molecule has 180 valence electrons. The van der Waals surface area contributed by atoms with E-state index in [0.717, 1.165) is 67.7 Å². The highest BCUT2D eigenvalue weighted by atomic mass is 32.2. The number of rotatable bonds is 8. The number of anilines is 2. The minimum Gasteiger partial charge on any atom is -0.497 e. The van der Waals surface area contributed by atoms with Gasteiger partial charge >= 0.3 is 0 Å². The summed E-state index contributed by atoms with van der Waals surface area (Å²) >= 11 is 0. The summed E-state index contributed by atoms with van der Waals surface area (Å²) < 4.78 is 51.2. The van der Waals surface area contributed by atoms with Crippen LogP contribution >= 0.6 is 0 Å². The van der Waals surface area contributed by atoms with E-state index < -0.39 is 15.8 Å². The number of hydrogen-bond donors (Lipinski definition) is 1. The second kappa shape index (κ2) is 10.3. The Morgan fingerprint density at radius 3 is 2.15 bits per heavy atom. The van der Waals surface area contributed by atoms with Crippen LogP contribution in [0.25, 0.3) is 0 Å². The quantitative estimate of drug-likeness (QED) is 0.523. The normalized spacial score (nSPS) is 14.6. The molecule has 0 radical (unpaired) electrons. The molecular weight excluding hydrogens is 459 g/mol. The van der Waals surface area contributed by atoms with Crippen molar-refractivity contribution in [1.82, 2.24) is 9.88 Å². The number of methoxy groups -OCH3 is 2. The summed E-state index contributed by atoms with van der Waals surface area (Å²) in [6.07, 6.45) is 1.49. The number of aromatic nitrogens is 1. The number of pyridine rings is 1. The van der Waals surface area contributed by atoms with Gasteiger partial charge in [-0.25, -0.2) is 17.8 Å². The van der Waals surface area contributed by atoms with Gasteiger partial charge in [0.1, 0.15) is 23.1 Å². The predicted octanol–water partition coefficient (Wildman–Crippen LogP) is 3.36. The van der Waals surface area contributed by atoms with E-state index in [1.165, 1.54) is 18.3 Å². The minimum atomic E-state index is -3.81. The zero-order chi connectivity index (χ0) is 24.1. The molecule has 0 saturated carbocycles. The summed E-state index contributed by atoms with van der Waals surface area (Å²) in [6, 6.07) is 14.0. The number of sulfonamides is 1. The number of hydrogen-bond acceptors (Lipinski definition) is 7. The molecule has 34 heavy (non-hydrogen) atoms. The molecule has 1 aromatic heterocycles. The number of piperazine rings is 1. The van der Waals surface area contributed by atoms with Crippen LogP contribution in [0.4, 0.5) is 15.9 Å². The van der Waals surface area contributed by atoms with E-state index in [4.69, 9.17) is 9.47 Å². The van der Waals surface area contributed by atoms with Gasteiger partial charge < -0.3 is 14.4 Å². The second-order valence-corrected chi connectivity index (χ2v) is 9.63. The van der Waals surface area contributed by atoms with E-state index in [2.05, 4.69) is 19.5 Å². The smallest absolute Gasteiger partial charge is 0.261 e. The van der Waals surface area contributed by atoms with Crippen LogP contribution in [-0.4, -0.2) is 58.7 Å². The molecule has 0 atom stereocenters. The summed E-state index contributed by atoms with van der Waals surface area (Å²) in [5.74, 6) is 1.83.